The molecule has 1 amide bonds. The highest BCUT2D eigenvalue weighted by Gasteiger charge is 2.21. The summed E-state index contributed by atoms with van der Waals surface area (Å²) in [4.78, 5) is 22.1. The highest BCUT2D eigenvalue weighted by Crippen LogP contribution is 2.26. The van der Waals surface area contributed by atoms with Crippen LogP contribution in [0.5, 0.6) is 0 Å². The molecule has 5 nitrogen and oxygen atoms in total. The van der Waals surface area contributed by atoms with E-state index < -0.39 is 22.3 Å². The van der Waals surface area contributed by atoms with Gasteiger partial charge in [0, 0.05) is 10.2 Å². The summed E-state index contributed by atoms with van der Waals surface area (Å²) in [5, 5.41) is 13.7. The maximum Gasteiger partial charge on any atom is 0.285 e. The van der Waals surface area contributed by atoms with E-state index >= 15 is 0 Å². The van der Waals surface area contributed by atoms with Crippen molar-refractivity contribution in [2.45, 2.75) is 0 Å². The average Bonchev–Trinajstić information content (AvgIpc) is 2.42. The zero-order chi connectivity index (χ0) is 15.6. The molecule has 0 fully saturated rings. The molecule has 1 N–H and O–H groups in total. The number of nitrogens with one attached hydrogen (secondary N) is 1. The fourth-order valence-corrected chi connectivity index (χ4v) is 2.05. The number of halogens is 3. The normalized spacial score (nSPS) is 10.2. The van der Waals surface area contributed by atoms with Crippen molar-refractivity contribution in [3.63, 3.8) is 0 Å². The van der Waals surface area contributed by atoms with Crippen molar-refractivity contribution < 1.29 is 14.1 Å². The standard InChI is InChI=1S/C13H7BrClFN2O3/c14-10-4-2-8(6-11(10)15)17-13(19)9-3-1-7(16)5-12(9)18(20)21/h1-6H,(H,17,19). The van der Waals surface area contributed by atoms with Crippen molar-refractivity contribution >= 4 is 44.8 Å². The predicted octanol–water partition coefficient (Wildman–Crippen LogP) is 4.40. The molecule has 8 heteroatoms. The summed E-state index contributed by atoms with van der Waals surface area (Å²) >= 11 is 9.09. The zero-order valence-corrected chi connectivity index (χ0v) is 12.6. The Morgan fingerprint density at radius 2 is 2.00 bits per heavy atom. The molecule has 0 aliphatic heterocycles. The number of amides is 1. The Hall–Kier alpha value is -1.99. The molecule has 0 aromatic heterocycles. The minimum atomic E-state index is -0.813. The molecule has 0 aliphatic carbocycles. The van der Waals surface area contributed by atoms with Crippen molar-refractivity contribution in [3.8, 4) is 0 Å². The highest BCUT2D eigenvalue weighted by molar-refractivity contribution is 9.10. The molecule has 0 spiro atoms. The second-order valence-electron chi connectivity index (χ2n) is 4.00. The van der Waals surface area contributed by atoms with Crippen molar-refractivity contribution in [1.82, 2.24) is 0 Å². The van der Waals surface area contributed by atoms with Crippen LogP contribution in [0, 0.1) is 15.9 Å². The molecule has 0 bridgehead atoms. The molecular weight excluding hydrogens is 367 g/mol. The largest absolute Gasteiger partial charge is 0.322 e. The van der Waals surface area contributed by atoms with Crippen LogP contribution in [0.15, 0.2) is 40.9 Å². The molecule has 0 radical (unpaired) electrons. The van der Waals surface area contributed by atoms with E-state index in [4.69, 9.17) is 11.6 Å². The van der Waals surface area contributed by atoms with Gasteiger partial charge in [-0.15, -0.1) is 0 Å². The fourth-order valence-electron chi connectivity index (χ4n) is 1.62. The van der Waals surface area contributed by atoms with Crippen LogP contribution in [-0.2, 0) is 0 Å². The molecule has 2 aromatic carbocycles. The Labute approximate surface area is 132 Å². The lowest BCUT2D eigenvalue weighted by molar-refractivity contribution is -0.385. The van der Waals surface area contributed by atoms with Gasteiger partial charge in [0.2, 0.25) is 0 Å². The number of carbonyl (C=O) groups excluding carboxylic acids is 1. The summed E-state index contributed by atoms with van der Waals surface area (Å²) in [5.41, 5.74) is -0.469. The van der Waals surface area contributed by atoms with Gasteiger partial charge in [0.1, 0.15) is 11.4 Å². The van der Waals surface area contributed by atoms with Gasteiger partial charge in [0.05, 0.1) is 16.0 Å². The summed E-state index contributed by atoms with van der Waals surface area (Å²) < 4.78 is 13.7. The van der Waals surface area contributed by atoms with E-state index in [2.05, 4.69) is 21.2 Å². The summed E-state index contributed by atoms with van der Waals surface area (Å²) in [5.74, 6) is -1.51. The molecule has 0 saturated carbocycles. The van der Waals surface area contributed by atoms with Gasteiger partial charge in [-0.05, 0) is 46.3 Å². The Morgan fingerprint density at radius 1 is 1.29 bits per heavy atom. The number of anilines is 1. The van der Waals surface area contributed by atoms with Gasteiger partial charge in [0.15, 0.2) is 0 Å². The topological polar surface area (TPSA) is 72.2 Å². The van der Waals surface area contributed by atoms with Crippen LogP contribution in [-0.4, -0.2) is 10.8 Å². The van der Waals surface area contributed by atoms with Gasteiger partial charge in [-0.3, -0.25) is 14.9 Å². The van der Waals surface area contributed by atoms with Gasteiger partial charge in [0.25, 0.3) is 11.6 Å². The number of nitro benzene ring substituents is 1. The first-order chi connectivity index (χ1) is 9.88. The van der Waals surface area contributed by atoms with Crippen LogP contribution in [0.3, 0.4) is 0 Å². The Balaban J connectivity index is 2.32. The van der Waals surface area contributed by atoms with Crippen molar-refractivity contribution in [1.29, 1.82) is 0 Å². The number of carbonyl (C=O) groups is 1. The first kappa shape index (κ1) is 15.4. The van der Waals surface area contributed by atoms with Gasteiger partial charge in [-0.25, -0.2) is 4.39 Å². The molecule has 2 aromatic rings. The van der Waals surface area contributed by atoms with E-state index in [1.165, 1.54) is 6.07 Å². The number of hydrogen-bond acceptors (Lipinski definition) is 3. The van der Waals surface area contributed by atoms with Crippen molar-refractivity contribution in [2.75, 3.05) is 5.32 Å². The minimum absolute atomic E-state index is 0.236. The van der Waals surface area contributed by atoms with Gasteiger partial charge in [-0.2, -0.15) is 0 Å². The Kier molecular flexibility index (Phi) is 4.54. The van der Waals surface area contributed by atoms with E-state index in [0.29, 0.717) is 21.2 Å². The third-order valence-electron chi connectivity index (χ3n) is 2.58. The quantitative estimate of drug-likeness (QED) is 0.640. The Morgan fingerprint density at radius 3 is 2.62 bits per heavy atom. The molecule has 0 unspecified atom stereocenters. The third kappa shape index (κ3) is 3.56. The average molecular weight is 374 g/mol. The van der Waals surface area contributed by atoms with Gasteiger partial charge < -0.3 is 5.32 Å². The first-order valence-electron chi connectivity index (χ1n) is 5.59. The van der Waals surface area contributed by atoms with E-state index in [-0.39, 0.29) is 5.56 Å². The predicted molar refractivity (Wildman–Crippen MR) is 80.2 cm³/mol. The first-order valence-corrected chi connectivity index (χ1v) is 6.76. The van der Waals surface area contributed by atoms with E-state index in [1.807, 2.05) is 0 Å². The van der Waals surface area contributed by atoms with E-state index in [1.54, 1.807) is 12.1 Å². The third-order valence-corrected chi connectivity index (χ3v) is 3.81. The minimum Gasteiger partial charge on any atom is -0.322 e. The van der Waals surface area contributed by atoms with Crippen LogP contribution in [0.1, 0.15) is 10.4 Å². The number of hydrogen-bond donors (Lipinski definition) is 1. The number of benzene rings is 2. The monoisotopic (exact) mass is 372 g/mol. The second kappa shape index (κ2) is 6.19. The number of rotatable bonds is 3. The van der Waals surface area contributed by atoms with Crippen molar-refractivity contribution in [3.05, 3.63) is 67.4 Å². The van der Waals surface area contributed by atoms with E-state index in [9.17, 15) is 19.3 Å². The molecule has 108 valence electrons. The lowest BCUT2D eigenvalue weighted by Crippen LogP contribution is -2.14. The maximum atomic E-state index is 13.0. The molecule has 0 aliphatic rings. The van der Waals surface area contributed by atoms with Crippen LogP contribution in [0.4, 0.5) is 15.8 Å². The van der Waals surface area contributed by atoms with Crippen molar-refractivity contribution in [2.24, 2.45) is 0 Å². The summed E-state index contributed by atoms with van der Waals surface area (Å²) in [6.45, 7) is 0. The molecule has 0 saturated heterocycles. The van der Waals surface area contributed by atoms with Gasteiger partial charge >= 0.3 is 0 Å². The molecule has 0 atom stereocenters. The summed E-state index contributed by atoms with van der Waals surface area (Å²) in [7, 11) is 0. The van der Waals surface area contributed by atoms with Crippen LogP contribution >= 0.6 is 27.5 Å². The van der Waals surface area contributed by atoms with Crippen LogP contribution in [0.25, 0.3) is 0 Å². The summed E-state index contributed by atoms with van der Waals surface area (Å²) in [6, 6.07) is 7.42. The van der Waals surface area contributed by atoms with E-state index in [0.717, 1.165) is 12.1 Å². The SMILES string of the molecule is O=C(Nc1ccc(Br)c(Cl)c1)c1ccc(F)cc1[N+](=O)[O-]. The lowest BCUT2D eigenvalue weighted by atomic mass is 10.1. The smallest absolute Gasteiger partial charge is 0.285 e. The number of nitrogens with zero attached hydrogens (tertiary/aromatic N) is 1. The molecule has 0 heterocycles. The highest BCUT2D eigenvalue weighted by atomic mass is 79.9. The van der Waals surface area contributed by atoms with Gasteiger partial charge in [-0.1, -0.05) is 11.6 Å². The lowest BCUT2D eigenvalue weighted by Gasteiger charge is -2.07. The maximum absolute atomic E-state index is 13.0. The van der Waals surface area contributed by atoms with Crippen LogP contribution < -0.4 is 5.32 Å². The fraction of sp³-hybridized carbons (Fsp3) is 0. The molecule has 21 heavy (non-hydrogen) atoms. The number of nitro groups is 1. The second-order valence-corrected chi connectivity index (χ2v) is 5.26. The zero-order valence-electron chi connectivity index (χ0n) is 10.3. The molecular formula is C13H7BrClFN2O3. The molecule has 2 rings (SSSR count). The Bertz CT molecular complexity index is 739. The summed E-state index contributed by atoms with van der Waals surface area (Å²) in [6.07, 6.45) is 0. The van der Waals surface area contributed by atoms with Crippen LogP contribution in [0.2, 0.25) is 5.02 Å².